The number of rotatable bonds is 6. The molecule has 1 aliphatic heterocycles. The quantitative estimate of drug-likeness (QED) is 0.573. The Bertz CT molecular complexity index is 747. The fourth-order valence-corrected chi connectivity index (χ4v) is 3.66. The molecule has 0 N–H and O–H groups in total. The molecule has 1 saturated heterocycles. The largest absolute Gasteiger partial charge is 0.368 e. The van der Waals surface area contributed by atoms with E-state index in [9.17, 15) is 14.9 Å². The fraction of sp³-hybridized carbons (Fsp3) is 0.333. The number of amides is 1. The molecule has 1 aromatic carbocycles. The molecule has 0 spiro atoms. The maximum absolute atomic E-state index is 12.3. The summed E-state index contributed by atoms with van der Waals surface area (Å²) in [5, 5.41) is 10.7. The molecule has 2 aromatic rings. The Hall–Kier alpha value is -2.61. The number of anilines is 1. The minimum Gasteiger partial charge on any atom is -0.368 e. The molecule has 7 nitrogen and oxygen atoms in total. The van der Waals surface area contributed by atoms with E-state index in [-0.39, 0.29) is 11.6 Å². The van der Waals surface area contributed by atoms with Crippen LogP contribution < -0.4 is 4.90 Å². The normalized spacial score (nSPS) is 14.3. The predicted molar refractivity (Wildman–Crippen MR) is 102 cm³/mol. The van der Waals surface area contributed by atoms with E-state index >= 15 is 0 Å². The summed E-state index contributed by atoms with van der Waals surface area (Å²) in [6, 6.07) is 12.3. The van der Waals surface area contributed by atoms with E-state index in [0.29, 0.717) is 18.8 Å². The zero-order chi connectivity index (χ0) is 18.4. The molecular formula is C18H20N4O3S. The van der Waals surface area contributed by atoms with Crippen molar-refractivity contribution >= 4 is 29.0 Å². The van der Waals surface area contributed by atoms with E-state index in [0.717, 1.165) is 30.2 Å². The van der Waals surface area contributed by atoms with Crippen molar-refractivity contribution in [2.24, 2.45) is 0 Å². The van der Waals surface area contributed by atoms with Crippen molar-refractivity contribution in [3.8, 4) is 0 Å². The van der Waals surface area contributed by atoms with E-state index in [1.165, 1.54) is 12.1 Å². The van der Waals surface area contributed by atoms with Crippen molar-refractivity contribution in [1.82, 2.24) is 9.88 Å². The van der Waals surface area contributed by atoms with Crippen molar-refractivity contribution in [2.45, 2.75) is 5.75 Å². The van der Waals surface area contributed by atoms with Crippen LogP contribution in [-0.4, -0.2) is 52.6 Å². The first-order chi connectivity index (χ1) is 12.6. The van der Waals surface area contributed by atoms with Crippen molar-refractivity contribution in [1.29, 1.82) is 0 Å². The van der Waals surface area contributed by atoms with E-state index in [4.69, 9.17) is 0 Å². The monoisotopic (exact) mass is 372 g/mol. The highest BCUT2D eigenvalue weighted by Crippen LogP contribution is 2.21. The van der Waals surface area contributed by atoms with Gasteiger partial charge in [-0.2, -0.15) is 0 Å². The second-order valence-electron chi connectivity index (χ2n) is 5.96. The Morgan fingerprint density at radius 2 is 1.85 bits per heavy atom. The summed E-state index contributed by atoms with van der Waals surface area (Å²) >= 11 is 1.58. The number of carbonyl (C=O) groups is 1. The number of hydrogen-bond acceptors (Lipinski definition) is 6. The van der Waals surface area contributed by atoms with Crippen LogP contribution in [0.25, 0.3) is 0 Å². The zero-order valence-electron chi connectivity index (χ0n) is 14.3. The van der Waals surface area contributed by atoms with E-state index < -0.39 is 4.92 Å². The maximum atomic E-state index is 12.3. The lowest BCUT2D eigenvalue weighted by molar-refractivity contribution is -0.384. The first-order valence-electron chi connectivity index (χ1n) is 8.38. The summed E-state index contributed by atoms with van der Waals surface area (Å²) < 4.78 is 0. The van der Waals surface area contributed by atoms with Crippen molar-refractivity contribution in [2.75, 3.05) is 36.8 Å². The molecule has 1 fully saturated rings. The molecule has 0 bridgehead atoms. The van der Waals surface area contributed by atoms with Gasteiger partial charge in [-0.05, 0) is 24.3 Å². The van der Waals surface area contributed by atoms with Crippen molar-refractivity contribution in [3.63, 3.8) is 0 Å². The first kappa shape index (κ1) is 18.2. The highest BCUT2D eigenvalue weighted by Gasteiger charge is 2.21. The van der Waals surface area contributed by atoms with Crippen LogP contribution >= 0.6 is 11.8 Å². The minimum absolute atomic E-state index is 0.0903. The highest BCUT2D eigenvalue weighted by atomic mass is 32.2. The van der Waals surface area contributed by atoms with Crippen LogP contribution in [-0.2, 0) is 10.5 Å². The Labute approximate surface area is 156 Å². The highest BCUT2D eigenvalue weighted by molar-refractivity contribution is 7.99. The lowest BCUT2D eigenvalue weighted by atomic mass is 10.2. The smallest absolute Gasteiger partial charge is 0.269 e. The van der Waals surface area contributed by atoms with Gasteiger partial charge in [-0.25, -0.2) is 0 Å². The van der Waals surface area contributed by atoms with Gasteiger partial charge < -0.3 is 9.80 Å². The van der Waals surface area contributed by atoms with Crippen LogP contribution in [0.5, 0.6) is 0 Å². The SMILES string of the molecule is O=C(CSCc1ccccn1)N1CCN(c2ccc([N+](=O)[O-])cc2)CC1. The molecule has 1 aromatic heterocycles. The average Bonchev–Trinajstić information content (AvgIpc) is 2.69. The molecule has 3 rings (SSSR count). The number of thioether (sulfide) groups is 1. The summed E-state index contributed by atoms with van der Waals surface area (Å²) in [5.74, 6) is 1.33. The third kappa shape index (κ3) is 4.72. The summed E-state index contributed by atoms with van der Waals surface area (Å²) in [6.07, 6.45) is 1.76. The Morgan fingerprint density at radius 3 is 2.46 bits per heavy atom. The summed E-state index contributed by atoms with van der Waals surface area (Å²) in [6.45, 7) is 2.79. The van der Waals surface area contributed by atoms with Crippen LogP contribution in [0.4, 0.5) is 11.4 Å². The van der Waals surface area contributed by atoms with Gasteiger partial charge in [0.25, 0.3) is 5.69 Å². The Kier molecular flexibility index (Phi) is 6.06. The van der Waals surface area contributed by atoms with Gasteiger partial charge in [0.15, 0.2) is 0 Å². The summed E-state index contributed by atoms with van der Waals surface area (Å²) in [7, 11) is 0. The van der Waals surface area contributed by atoms with E-state index in [2.05, 4.69) is 9.88 Å². The lowest BCUT2D eigenvalue weighted by Crippen LogP contribution is -2.49. The number of carbonyl (C=O) groups excluding carboxylic acids is 1. The number of nitrogens with zero attached hydrogens (tertiary/aromatic N) is 4. The molecule has 1 aliphatic rings. The molecule has 0 unspecified atom stereocenters. The molecule has 0 aliphatic carbocycles. The minimum atomic E-state index is -0.400. The number of hydrogen-bond donors (Lipinski definition) is 0. The van der Waals surface area contributed by atoms with Crippen molar-refractivity contribution in [3.05, 3.63) is 64.5 Å². The first-order valence-corrected chi connectivity index (χ1v) is 9.54. The second-order valence-corrected chi connectivity index (χ2v) is 6.94. The van der Waals surface area contributed by atoms with Crippen LogP contribution in [0.3, 0.4) is 0 Å². The molecule has 26 heavy (non-hydrogen) atoms. The number of benzene rings is 1. The average molecular weight is 372 g/mol. The maximum Gasteiger partial charge on any atom is 0.269 e. The lowest BCUT2D eigenvalue weighted by Gasteiger charge is -2.36. The third-order valence-electron chi connectivity index (χ3n) is 4.26. The van der Waals surface area contributed by atoms with Gasteiger partial charge in [0.1, 0.15) is 0 Å². The molecule has 1 amide bonds. The van der Waals surface area contributed by atoms with Gasteiger partial charge in [-0.3, -0.25) is 19.9 Å². The van der Waals surface area contributed by atoms with Crippen LogP contribution in [0, 0.1) is 10.1 Å². The fourth-order valence-electron chi connectivity index (χ4n) is 2.82. The molecule has 0 saturated carbocycles. The van der Waals surface area contributed by atoms with Crippen LogP contribution in [0.1, 0.15) is 5.69 Å². The second kappa shape index (κ2) is 8.66. The van der Waals surface area contributed by atoms with Crippen molar-refractivity contribution < 1.29 is 9.72 Å². The number of piperazine rings is 1. The predicted octanol–water partition coefficient (Wildman–Crippen LogP) is 2.57. The van der Waals surface area contributed by atoms with Crippen LogP contribution in [0.15, 0.2) is 48.7 Å². The Morgan fingerprint density at radius 1 is 1.12 bits per heavy atom. The summed E-state index contributed by atoms with van der Waals surface area (Å²) in [5.41, 5.74) is 2.02. The van der Waals surface area contributed by atoms with Gasteiger partial charge in [-0.15, -0.1) is 11.8 Å². The third-order valence-corrected chi connectivity index (χ3v) is 5.21. The van der Waals surface area contributed by atoms with Crippen LogP contribution in [0.2, 0.25) is 0 Å². The molecular weight excluding hydrogens is 352 g/mol. The number of pyridine rings is 1. The number of nitro benzene ring substituents is 1. The van der Waals surface area contributed by atoms with Gasteiger partial charge in [0.2, 0.25) is 5.91 Å². The van der Waals surface area contributed by atoms with E-state index in [1.807, 2.05) is 23.1 Å². The number of aromatic nitrogens is 1. The zero-order valence-corrected chi connectivity index (χ0v) is 15.1. The molecule has 2 heterocycles. The molecule has 0 radical (unpaired) electrons. The van der Waals surface area contributed by atoms with Gasteiger partial charge in [-0.1, -0.05) is 6.07 Å². The number of nitro groups is 1. The Balaban J connectivity index is 1.44. The molecule has 0 atom stereocenters. The topological polar surface area (TPSA) is 79.6 Å². The van der Waals surface area contributed by atoms with Gasteiger partial charge in [0, 0.05) is 55.9 Å². The van der Waals surface area contributed by atoms with Gasteiger partial charge in [0.05, 0.1) is 16.4 Å². The molecule has 8 heteroatoms. The standard InChI is InChI=1S/C18H20N4O3S/c23-18(14-26-13-15-3-1-2-8-19-15)21-11-9-20(10-12-21)16-4-6-17(7-5-16)22(24)25/h1-8H,9-14H2. The number of non-ortho nitro benzene ring substituents is 1. The molecule has 136 valence electrons. The van der Waals surface area contributed by atoms with E-state index in [1.54, 1.807) is 30.1 Å². The van der Waals surface area contributed by atoms with Gasteiger partial charge >= 0.3 is 0 Å². The summed E-state index contributed by atoms with van der Waals surface area (Å²) in [4.78, 5) is 31.0.